The molecule has 0 saturated heterocycles. The molecule has 18 heavy (non-hydrogen) atoms. The third-order valence-corrected chi connectivity index (χ3v) is 2.28. The predicted octanol–water partition coefficient (Wildman–Crippen LogP) is 3.04. The maximum absolute atomic E-state index is 12.0. The molecule has 0 spiro atoms. The minimum atomic E-state index is -0.251. The van der Waals surface area contributed by atoms with E-state index in [1.165, 1.54) is 24.3 Å². The Hall–Kier alpha value is -2.49. The zero-order valence-electron chi connectivity index (χ0n) is 9.62. The number of benzene rings is 2. The van der Waals surface area contributed by atoms with Gasteiger partial charge in [0, 0.05) is 17.3 Å². The molecule has 0 aliphatic heterocycles. The summed E-state index contributed by atoms with van der Waals surface area (Å²) >= 11 is 0. The average molecular weight is 241 g/mol. The fourth-order valence-corrected chi connectivity index (χ4v) is 1.39. The number of nitrogens with two attached hydrogens (primary N) is 1. The number of nitrogens with zero attached hydrogens (tertiary/aromatic N) is 2. The van der Waals surface area contributed by atoms with Crippen LogP contribution in [0.25, 0.3) is 10.9 Å². The number of hydrogen-bond donors (Lipinski definition) is 1. The van der Waals surface area contributed by atoms with Crippen LogP contribution in [0.4, 0.5) is 10.1 Å². The van der Waals surface area contributed by atoms with Crippen molar-refractivity contribution in [3.63, 3.8) is 0 Å². The highest BCUT2D eigenvalue weighted by Gasteiger charge is 1.87. The molecule has 90 valence electrons. The number of hydrogen-bond acceptors (Lipinski definition) is 3. The van der Waals surface area contributed by atoms with Crippen LogP contribution in [0.3, 0.4) is 0 Å². The van der Waals surface area contributed by atoms with Gasteiger partial charge in [0.2, 0.25) is 0 Å². The number of rotatable bonds is 0. The van der Waals surface area contributed by atoms with E-state index in [-0.39, 0.29) is 5.82 Å². The van der Waals surface area contributed by atoms with E-state index < -0.39 is 0 Å². The Kier molecular flexibility index (Phi) is 3.81. The van der Waals surface area contributed by atoms with Gasteiger partial charge in [-0.15, -0.1) is 0 Å². The second-order valence-corrected chi connectivity index (χ2v) is 3.63. The maximum Gasteiger partial charge on any atom is 0.123 e. The molecule has 0 atom stereocenters. The summed E-state index contributed by atoms with van der Waals surface area (Å²) in [7, 11) is 0. The molecule has 2 N–H and O–H groups in total. The molecule has 0 amide bonds. The van der Waals surface area contributed by atoms with Crippen LogP contribution < -0.4 is 5.73 Å². The number of nitrogen functional groups attached to an aromatic ring is 1. The fourth-order valence-electron chi connectivity index (χ4n) is 1.39. The van der Waals surface area contributed by atoms with Crippen molar-refractivity contribution < 1.29 is 4.39 Å². The van der Waals surface area contributed by atoms with E-state index >= 15 is 0 Å². The summed E-state index contributed by atoms with van der Waals surface area (Å²) in [5.41, 5.74) is 6.85. The summed E-state index contributed by atoms with van der Waals surface area (Å²) < 4.78 is 12.0. The zero-order valence-corrected chi connectivity index (χ0v) is 9.62. The van der Waals surface area contributed by atoms with Gasteiger partial charge in [0.25, 0.3) is 0 Å². The van der Waals surface area contributed by atoms with Crippen molar-refractivity contribution >= 4 is 16.6 Å². The fraction of sp³-hybridized carbons (Fsp3) is 0. The van der Waals surface area contributed by atoms with Crippen molar-refractivity contribution in [1.29, 1.82) is 0 Å². The molecule has 0 aliphatic carbocycles. The Morgan fingerprint density at radius 3 is 2.33 bits per heavy atom. The normalized spacial score (nSPS) is 9.61. The van der Waals surface area contributed by atoms with Crippen LogP contribution in [-0.2, 0) is 0 Å². The highest BCUT2D eigenvalue weighted by molar-refractivity contribution is 5.76. The van der Waals surface area contributed by atoms with Crippen LogP contribution in [-0.4, -0.2) is 9.97 Å². The van der Waals surface area contributed by atoms with E-state index in [2.05, 4.69) is 9.97 Å². The Morgan fingerprint density at radius 2 is 1.67 bits per heavy atom. The Balaban J connectivity index is 0.000000138. The van der Waals surface area contributed by atoms with E-state index in [4.69, 9.17) is 5.73 Å². The number of aromatic nitrogens is 2. The topological polar surface area (TPSA) is 51.8 Å². The van der Waals surface area contributed by atoms with E-state index in [1.807, 2.05) is 30.5 Å². The summed E-state index contributed by atoms with van der Waals surface area (Å²) in [6, 6.07) is 13.6. The molecule has 3 nitrogen and oxygen atoms in total. The molecule has 0 fully saturated rings. The summed E-state index contributed by atoms with van der Waals surface area (Å²) in [4.78, 5) is 7.97. The highest BCUT2D eigenvalue weighted by Crippen LogP contribution is 2.06. The molecular formula is C14H12FN3. The van der Waals surface area contributed by atoms with Gasteiger partial charge in [-0.05, 0) is 30.3 Å². The van der Waals surface area contributed by atoms with Gasteiger partial charge < -0.3 is 5.73 Å². The van der Waals surface area contributed by atoms with E-state index in [9.17, 15) is 4.39 Å². The predicted molar refractivity (Wildman–Crippen MR) is 70.4 cm³/mol. The molecule has 3 aromatic rings. The Morgan fingerprint density at radius 1 is 0.944 bits per heavy atom. The number of para-hydroxylation sites is 1. The average Bonchev–Trinajstić information content (AvgIpc) is 2.43. The molecular weight excluding hydrogens is 229 g/mol. The second kappa shape index (κ2) is 5.72. The van der Waals surface area contributed by atoms with Crippen molar-refractivity contribution in [2.24, 2.45) is 0 Å². The first-order chi connectivity index (χ1) is 8.75. The van der Waals surface area contributed by atoms with Crippen LogP contribution in [0.5, 0.6) is 0 Å². The SMILES string of the molecule is Nc1ccc(F)cc1.c1ccc2ncncc2c1. The van der Waals surface area contributed by atoms with Gasteiger partial charge in [0.05, 0.1) is 5.52 Å². The highest BCUT2D eigenvalue weighted by atomic mass is 19.1. The molecule has 0 saturated carbocycles. The van der Waals surface area contributed by atoms with Crippen molar-refractivity contribution in [2.45, 2.75) is 0 Å². The second-order valence-electron chi connectivity index (χ2n) is 3.63. The van der Waals surface area contributed by atoms with E-state index in [0.717, 1.165) is 10.9 Å². The van der Waals surface area contributed by atoms with Crippen molar-refractivity contribution in [1.82, 2.24) is 9.97 Å². The molecule has 1 heterocycles. The monoisotopic (exact) mass is 241 g/mol. The largest absolute Gasteiger partial charge is 0.399 e. The first-order valence-electron chi connectivity index (χ1n) is 5.41. The van der Waals surface area contributed by atoms with E-state index in [1.54, 1.807) is 6.33 Å². The van der Waals surface area contributed by atoms with Crippen LogP contribution in [0, 0.1) is 5.82 Å². The molecule has 3 rings (SSSR count). The molecule has 0 radical (unpaired) electrons. The summed E-state index contributed by atoms with van der Waals surface area (Å²) in [6.45, 7) is 0. The lowest BCUT2D eigenvalue weighted by Gasteiger charge is -1.90. The number of halogens is 1. The number of anilines is 1. The van der Waals surface area contributed by atoms with Crippen LogP contribution in [0.1, 0.15) is 0 Å². The molecule has 0 bridgehead atoms. The number of fused-ring (bicyclic) bond motifs is 1. The van der Waals surface area contributed by atoms with Gasteiger partial charge in [0.1, 0.15) is 12.1 Å². The van der Waals surface area contributed by atoms with Gasteiger partial charge in [-0.2, -0.15) is 0 Å². The van der Waals surface area contributed by atoms with Gasteiger partial charge >= 0.3 is 0 Å². The third kappa shape index (κ3) is 3.25. The van der Waals surface area contributed by atoms with Gasteiger partial charge in [-0.25, -0.2) is 14.4 Å². The first-order valence-corrected chi connectivity index (χ1v) is 5.41. The molecule has 1 aromatic heterocycles. The first kappa shape index (κ1) is 12.0. The summed E-state index contributed by atoms with van der Waals surface area (Å²) in [5, 5.41) is 1.09. The Bertz CT molecular complexity index is 537. The lowest BCUT2D eigenvalue weighted by Crippen LogP contribution is -1.82. The van der Waals surface area contributed by atoms with Gasteiger partial charge in [0.15, 0.2) is 0 Å². The molecule has 0 aliphatic rings. The van der Waals surface area contributed by atoms with E-state index in [0.29, 0.717) is 5.69 Å². The zero-order chi connectivity index (χ0) is 12.8. The molecule has 2 aromatic carbocycles. The minimum absolute atomic E-state index is 0.251. The smallest absolute Gasteiger partial charge is 0.123 e. The Labute approximate surface area is 104 Å². The lowest BCUT2D eigenvalue weighted by molar-refractivity contribution is 0.628. The third-order valence-electron chi connectivity index (χ3n) is 2.28. The van der Waals surface area contributed by atoms with Gasteiger partial charge in [-0.1, -0.05) is 18.2 Å². The summed E-state index contributed by atoms with van der Waals surface area (Å²) in [5.74, 6) is -0.251. The minimum Gasteiger partial charge on any atom is -0.399 e. The summed E-state index contributed by atoms with van der Waals surface area (Å²) in [6.07, 6.45) is 3.37. The quantitative estimate of drug-likeness (QED) is 0.615. The maximum atomic E-state index is 12.0. The van der Waals surface area contributed by atoms with Crippen LogP contribution in [0.15, 0.2) is 61.1 Å². The van der Waals surface area contributed by atoms with Crippen LogP contribution >= 0.6 is 0 Å². The van der Waals surface area contributed by atoms with Crippen molar-refractivity contribution in [2.75, 3.05) is 5.73 Å². The molecule has 4 heteroatoms. The van der Waals surface area contributed by atoms with Crippen LogP contribution in [0.2, 0.25) is 0 Å². The van der Waals surface area contributed by atoms with Gasteiger partial charge in [-0.3, -0.25) is 0 Å². The molecule has 0 unspecified atom stereocenters. The lowest BCUT2D eigenvalue weighted by atomic mass is 10.2. The van der Waals surface area contributed by atoms with Crippen molar-refractivity contribution in [3.05, 3.63) is 66.9 Å². The standard InChI is InChI=1S/C8H6N2.C6H6FN/c1-2-4-8-7(3-1)5-9-6-10-8;7-5-1-3-6(8)4-2-5/h1-6H;1-4H,8H2. The van der Waals surface area contributed by atoms with Crippen molar-refractivity contribution in [3.8, 4) is 0 Å².